The number of nitrogens with zero attached hydrogens (tertiary/aromatic N) is 2. The normalized spacial score (nSPS) is 11.9. The minimum Gasteiger partial charge on any atom is -0.292 e. The number of hydrogen-bond donors (Lipinski definition) is 0. The smallest absolute Gasteiger partial charge is 0.179 e. The van der Waals surface area contributed by atoms with Gasteiger partial charge in [0.25, 0.3) is 0 Å². The molecule has 46 heavy (non-hydrogen) atoms. The second-order valence-corrected chi connectivity index (χ2v) is 15.8. The summed E-state index contributed by atoms with van der Waals surface area (Å²) in [5.74, 6) is 0. The molecule has 216 valence electrons. The number of aromatic nitrogens is 2. The van der Waals surface area contributed by atoms with E-state index in [1.54, 1.807) is 0 Å². The Hall–Kier alpha value is -5.77. The molecule has 2 heterocycles. The Morgan fingerprint density at radius 3 is 1.50 bits per heavy atom. The lowest BCUT2D eigenvalue weighted by Gasteiger charge is -2.34. The standard InChI is InChI=1S/C43H30N2Si/c1-4-14-33(15-5-1)46(34-16-6-2-7-17-34,35-18-8-3-9-19-35)36-27-24-31(25-28-36)32-26-29-37-38-20-10-12-22-41(38)45-42-23-13-11-21-40(42)44-43(45)39(37)30-32/h1-30H. The number of rotatable bonds is 5. The molecule has 9 aromatic rings. The van der Waals surface area contributed by atoms with E-state index in [1.165, 1.54) is 48.2 Å². The van der Waals surface area contributed by atoms with E-state index < -0.39 is 8.07 Å². The van der Waals surface area contributed by atoms with E-state index in [9.17, 15) is 0 Å². The monoisotopic (exact) mass is 602 g/mol. The largest absolute Gasteiger partial charge is 0.292 e. The second-order valence-electron chi connectivity index (χ2n) is 12.0. The van der Waals surface area contributed by atoms with Gasteiger partial charge in [0.2, 0.25) is 0 Å². The Morgan fingerprint density at radius 1 is 0.370 bits per heavy atom. The molecule has 0 N–H and O–H groups in total. The van der Waals surface area contributed by atoms with Crippen molar-refractivity contribution in [1.82, 2.24) is 9.38 Å². The Labute approximate surface area is 268 Å². The Bertz CT molecular complexity index is 2410. The highest BCUT2D eigenvalue weighted by atomic mass is 28.3. The highest BCUT2D eigenvalue weighted by molar-refractivity contribution is 7.19. The van der Waals surface area contributed by atoms with Crippen LogP contribution in [-0.4, -0.2) is 17.5 Å². The van der Waals surface area contributed by atoms with Gasteiger partial charge >= 0.3 is 0 Å². The molecule has 0 saturated heterocycles. The van der Waals surface area contributed by atoms with Gasteiger partial charge in [-0.05, 0) is 61.5 Å². The van der Waals surface area contributed by atoms with E-state index in [1.807, 2.05) is 0 Å². The van der Waals surface area contributed by atoms with Gasteiger partial charge in [-0.1, -0.05) is 158 Å². The number of para-hydroxylation sites is 3. The van der Waals surface area contributed by atoms with Gasteiger partial charge in [-0.3, -0.25) is 4.40 Å². The van der Waals surface area contributed by atoms with E-state index in [0.29, 0.717) is 0 Å². The summed E-state index contributed by atoms with van der Waals surface area (Å²) in [5.41, 5.74) is 6.71. The van der Waals surface area contributed by atoms with Crippen molar-refractivity contribution in [3.8, 4) is 11.1 Å². The van der Waals surface area contributed by atoms with Crippen LogP contribution in [0.2, 0.25) is 0 Å². The molecule has 0 aliphatic carbocycles. The quantitative estimate of drug-likeness (QED) is 0.111. The Kier molecular flexibility index (Phi) is 6.18. The average molecular weight is 603 g/mol. The molecule has 0 spiro atoms. The molecule has 0 saturated carbocycles. The van der Waals surface area contributed by atoms with Crippen molar-refractivity contribution in [2.75, 3.05) is 0 Å². The average Bonchev–Trinajstić information content (AvgIpc) is 3.54. The highest BCUT2D eigenvalue weighted by Crippen LogP contribution is 2.34. The Morgan fingerprint density at radius 2 is 0.870 bits per heavy atom. The van der Waals surface area contributed by atoms with Crippen molar-refractivity contribution in [2.24, 2.45) is 0 Å². The minimum absolute atomic E-state index is 0.997. The molecule has 0 amide bonds. The molecule has 0 atom stereocenters. The van der Waals surface area contributed by atoms with Gasteiger partial charge < -0.3 is 0 Å². The summed E-state index contributed by atoms with van der Waals surface area (Å²) < 4.78 is 2.32. The zero-order valence-electron chi connectivity index (χ0n) is 25.2. The zero-order valence-corrected chi connectivity index (χ0v) is 26.2. The second kappa shape index (κ2) is 10.7. The summed E-state index contributed by atoms with van der Waals surface area (Å²) in [6.07, 6.45) is 0. The molecule has 0 unspecified atom stereocenters. The van der Waals surface area contributed by atoms with Gasteiger partial charge in [0, 0.05) is 10.8 Å². The summed E-state index contributed by atoms with van der Waals surface area (Å²) in [7, 11) is -2.57. The number of benzene rings is 7. The molecule has 7 aromatic carbocycles. The maximum absolute atomic E-state index is 5.14. The molecule has 9 rings (SSSR count). The van der Waals surface area contributed by atoms with Crippen molar-refractivity contribution in [1.29, 1.82) is 0 Å². The van der Waals surface area contributed by atoms with Crippen LogP contribution in [0, 0.1) is 0 Å². The fourth-order valence-corrected chi connectivity index (χ4v) is 12.2. The lowest BCUT2D eigenvalue weighted by atomic mass is 9.99. The van der Waals surface area contributed by atoms with Crippen molar-refractivity contribution < 1.29 is 0 Å². The van der Waals surface area contributed by atoms with Gasteiger partial charge in [0.15, 0.2) is 8.07 Å². The fraction of sp³-hybridized carbons (Fsp3) is 0. The first kappa shape index (κ1) is 26.6. The summed E-state index contributed by atoms with van der Waals surface area (Å²) in [6, 6.07) is 66.6. The fourth-order valence-electron chi connectivity index (χ4n) is 7.47. The lowest BCUT2D eigenvalue weighted by molar-refractivity contribution is 1.31. The predicted molar refractivity (Wildman–Crippen MR) is 197 cm³/mol. The summed E-state index contributed by atoms with van der Waals surface area (Å²) in [6.45, 7) is 0. The van der Waals surface area contributed by atoms with Crippen LogP contribution in [0.1, 0.15) is 0 Å². The maximum atomic E-state index is 5.14. The van der Waals surface area contributed by atoms with Crippen LogP contribution >= 0.6 is 0 Å². The van der Waals surface area contributed by atoms with Crippen molar-refractivity contribution in [2.45, 2.75) is 0 Å². The summed E-state index contributed by atoms with van der Waals surface area (Å²) >= 11 is 0. The molecule has 0 fully saturated rings. The van der Waals surface area contributed by atoms with Crippen LogP contribution in [0.3, 0.4) is 0 Å². The Balaban J connectivity index is 1.26. The van der Waals surface area contributed by atoms with E-state index >= 15 is 0 Å². The van der Waals surface area contributed by atoms with Crippen LogP contribution in [0.25, 0.3) is 49.5 Å². The predicted octanol–water partition coefficient (Wildman–Crippen LogP) is 7.84. The van der Waals surface area contributed by atoms with Crippen molar-refractivity contribution in [3.05, 3.63) is 182 Å². The van der Waals surface area contributed by atoms with Crippen molar-refractivity contribution >= 4 is 67.2 Å². The first-order valence-corrected chi connectivity index (χ1v) is 17.8. The molecule has 0 radical (unpaired) electrons. The topological polar surface area (TPSA) is 17.3 Å². The van der Waals surface area contributed by atoms with E-state index in [4.69, 9.17) is 4.98 Å². The third-order valence-corrected chi connectivity index (χ3v) is 14.3. The van der Waals surface area contributed by atoms with Gasteiger partial charge in [-0.2, -0.15) is 0 Å². The number of imidazole rings is 1. The first-order chi connectivity index (χ1) is 22.8. The van der Waals surface area contributed by atoms with Crippen LogP contribution in [0.15, 0.2) is 182 Å². The van der Waals surface area contributed by atoms with Crippen LogP contribution in [0.5, 0.6) is 0 Å². The van der Waals surface area contributed by atoms with Gasteiger partial charge in [0.1, 0.15) is 5.65 Å². The molecule has 3 heteroatoms. The molecular formula is C43H30N2Si. The van der Waals surface area contributed by atoms with Gasteiger partial charge in [0.05, 0.1) is 16.6 Å². The van der Waals surface area contributed by atoms with Crippen molar-refractivity contribution in [3.63, 3.8) is 0 Å². The lowest BCUT2D eigenvalue weighted by Crippen LogP contribution is -2.74. The minimum atomic E-state index is -2.57. The molecule has 0 aliphatic heterocycles. The van der Waals surface area contributed by atoms with Crippen LogP contribution in [-0.2, 0) is 0 Å². The third-order valence-electron chi connectivity index (χ3n) is 9.53. The zero-order chi connectivity index (χ0) is 30.5. The summed E-state index contributed by atoms with van der Waals surface area (Å²) in [5, 5.41) is 9.14. The molecular weight excluding hydrogens is 573 g/mol. The molecule has 2 aromatic heterocycles. The summed E-state index contributed by atoms with van der Waals surface area (Å²) in [4.78, 5) is 5.14. The number of fused-ring (bicyclic) bond motifs is 8. The van der Waals surface area contributed by atoms with Gasteiger partial charge in [-0.15, -0.1) is 0 Å². The first-order valence-electron chi connectivity index (χ1n) is 15.8. The van der Waals surface area contributed by atoms with Crippen LogP contribution in [0.4, 0.5) is 0 Å². The molecule has 0 bridgehead atoms. The third kappa shape index (κ3) is 3.99. The maximum Gasteiger partial charge on any atom is 0.179 e. The van der Waals surface area contributed by atoms with E-state index in [2.05, 4.69) is 186 Å². The SMILES string of the molecule is c1ccc([Si](c2ccccc2)(c2ccccc2)c2ccc(-c3ccc4c5ccccc5n5c6ccccc6nc5c4c3)cc2)cc1. The van der Waals surface area contributed by atoms with Gasteiger partial charge in [-0.25, -0.2) is 4.98 Å². The molecule has 2 nitrogen and oxygen atoms in total. The number of pyridine rings is 1. The van der Waals surface area contributed by atoms with Crippen LogP contribution < -0.4 is 20.7 Å². The number of hydrogen-bond acceptors (Lipinski definition) is 1. The highest BCUT2D eigenvalue weighted by Gasteiger charge is 2.41. The van der Waals surface area contributed by atoms with E-state index in [-0.39, 0.29) is 0 Å². The molecule has 0 aliphatic rings. The van der Waals surface area contributed by atoms with E-state index in [0.717, 1.165) is 22.1 Å².